The van der Waals surface area contributed by atoms with Gasteiger partial charge >= 0.3 is 0 Å². The van der Waals surface area contributed by atoms with Crippen LogP contribution in [0, 0.1) is 20.8 Å². The van der Waals surface area contributed by atoms with Crippen LogP contribution in [0.2, 0.25) is 0 Å². The normalized spacial score (nSPS) is 11.7. The summed E-state index contributed by atoms with van der Waals surface area (Å²) in [5, 5.41) is 0. The highest BCUT2D eigenvalue weighted by molar-refractivity contribution is 5.40. The summed E-state index contributed by atoms with van der Waals surface area (Å²) in [6.45, 7) is 6.49. The molecule has 2 aromatic heterocycles. The molecule has 0 saturated heterocycles. The Bertz CT molecular complexity index is 664. The first-order valence-electron chi connectivity index (χ1n) is 6.03. The molecular weight excluding hydrogens is 228 g/mol. The van der Waals surface area contributed by atoms with Crippen molar-refractivity contribution in [3.05, 3.63) is 33.0 Å². The molecule has 0 aliphatic rings. The van der Waals surface area contributed by atoms with Crippen LogP contribution in [-0.2, 0) is 13.6 Å². The summed E-state index contributed by atoms with van der Waals surface area (Å²) in [6, 6.07) is 0. The van der Waals surface area contributed by atoms with Gasteiger partial charge in [0.2, 0.25) is 5.78 Å². The summed E-state index contributed by atoms with van der Waals surface area (Å²) in [4.78, 5) is 19.0. The van der Waals surface area contributed by atoms with E-state index in [2.05, 4.69) is 4.98 Å². The van der Waals surface area contributed by atoms with Crippen LogP contribution in [-0.4, -0.2) is 32.9 Å². The van der Waals surface area contributed by atoms with Crippen LogP contribution in [0.4, 0.5) is 0 Å². The van der Waals surface area contributed by atoms with E-state index in [9.17, 15) is 4.79 Å². The van der Waals surface area contributed by atoms with E-state index in [0.29, 0.717) is 6.54 Å². The number of hydrogen-bond acceptors (Lipinski definition) is 3. The van der Waals surface area contributed by atoms with Crippen molar-refractivity contribution in [3.63, 3.8) is 0 Å². The Hall–Kier alpha value is -1.62. The van der Waals surface area contributed by atoms with Crippen molar-refractivity contribution in [1.29, 1.82) is 0 Å². The number of aromatic nitrogens is 3. The minimum absolute atomic E-state index is 0.0399. The number of aryl methyl sites for hydroxylation is 2. The average molecular weight is 248 g/mol. The number of nitrogens with zero attached hydrogens (tertiary/aromatic N) is 4. The fourth-order valence-electron chi connectivity index (χ4n) is 2.19. The molecular formula is C13H20N4O. The van der Waals surface area contributed by atoms with Gasteiger partial charge in [-0.05, 0) is 34.9 Å². The molecule has 0 amide bonds. The van der Waals surface area contributed by atoms with Crippen molar-refractivity contribution in [3.8, 4) is 0 Å². The Kier molecular flexibility index (Phi) is 3.02. The molecule has 0 fully saturated rings. The van der Waals surface area contributed by atoms with E-state index in [1.54, 1.807) is 4.40 Å². The van der Waals surface area contributed by atoms with Crippen molar-refractivity contribution in [2.45, 2.75) is 27.3 Å². The second-order valence-corrected chi connectivity index (χ2v) is 5.09. The highest BCUT2D eigenvalue weighted by Gasteiger charge is 2.16. The summed E-state index contributed by atoms with van der Waals surface area (Å²) in [6.07, 6.45) is 0. The molecule has 0 atom stereocenters. The highest BCUT2D eigenvalue weighted by atomic mass is 16.1. The Morgan fingerprint density at radius 2 is 1.83 bits per heavy atom. The predicted molar refractivity (Wildman–Crippen MR) is 72.0 cm³/mol. The van der Waals surface area contributed by atoms with Gasteiger partial charge in [-0.2, -0.15) is 0 Å². The Morgan fingerprint density at radius 1 is 1.22 bits per heavy atom. The van der Waals surface area contributed by atoms with E-state index in [1.165, 1.54) is 0 Å². The highest BCUT2D eigenvalue weighted by Crippen LogP contribution is 2.13. The van der Waals surface area contributed by atoms with Gasteiger partial charge in [-0.25, -0.2) is 9.38 Å². The van der Waals surface area contributed by atoms with Crippen LogP contribution in [0.1, 0.15) is 22.6 Å². The maximum absolute atomic E-state index is 12.4. The first-order valence-corrected chi connectivity index (χ1v) is 6.03. The van der Waals surface area contributed by atoms with Gasteiger partial charge in [0.05, 0.1) is 11.4 Å². The summed E-state index contributed by atoms with van der Waals surface area (Å²) in [7, 11) is 5.93. The lowest BCUT2D eigenvalue weighted by atomic mass is 10.2. The quantitative estimate of drug-likeness (QED) is 0.797. The predicted octanol–water partition coefficient (Wildman–Crippen LogP) is 1.02. The third-order valence-electron chi connectivity index (χ3n) is 3.49. The molecule has 0 N–H and O–H groups in total. The second kappa shape index (κ2) is 4.24. The average Bonchev–Trinajstić information content (AvgIpc) is 2.61. The topological polar surface area (TPSA) is 42.5 Å². The lowest BCUT2D eigenvalue weighted by Crippen LogP contribution is -2.25. The fourth-order valence-corrected chi connectivity index (χ4v) is 2.19. The molecule has 0 spiro atoms. The van der Waals surface area contributed by atoms with Crippen LogP contribution in [0.15, 0.2) is 4.79 Å². The Balaban J connectivity index is 2.90. The van der Waals surface area contributed by atoms with E-state index < -0.39 is 0 Å². The van der Waals surface area contributed by atoms with Crippen molar-refractivity contribution in [1.82, 2.24) is 18.9 Å². The van der Waals surface area contributed by atoms with E-state index in [0.717, 1.165) is 28.4 Å². The summed E-state index contributed by atoms with van der Waals surface area (Å²) < 4.78 is 3.71. The first-order chi connectivity index (χ1) is 8.34. The molecule has 98 valence electrons. The molecule has 2 heterocycles. The molecule has 2 aromatic rings. The summed E-state index contributed by atoms with van der Waals surface area (Å²) in [5.74, 6) is 0.720. The van der Waals surface area contributed by atoms with Gasteiger partial charge in [-0.15, -0.1) is 0 Å². The molecule has 0 bridgehead atoms. The van der Waals surface area contributed by atoms with Gasteiger partial charge in [0.25, 0.3) is 5.56 Å². The van der Waals surface area contributed by atoms with Gasteiger partial charge in [-0.1, -0.05) is 0 Å². The number of rotatable bonds is 2. The molecule has 0 unspecified atom stereocenters. The number of imidazole rings is 1. The van der Waals surface area contributed by atoms with Crippen molar-refractivity contribution < 1.29 is 0 Å². The molecule has 18 heavy (non-hydrogen) atoms. The van der Waals surface area contributed by atoms with Crippen molar-refractivity contribution in [2.75, 3.05) is 14.1 Å². The molecule has 0 saturated carbocycles. The third kappa shape index (κ3) is 1.75. The molecule has 5 heteroatoms. The van der Waals surface area contributed by atoms with E-state index >= 15 is 0 Å². The third-order valence-corrected chi connectivity index (χ3v) is 3.49. The molecule has 0 aliphatic carbocycles. The molecule has 0 radical (unpaired) electrons. The van der Waals surface area contributed by atoms with E-state index in [4.69, 9.17) is 0 Å². The summed E-state index contributed by atoms with van der Waals surface area (Å²) in [5.41, 5.74) is 3.68. The lowest BCUT2D eigenvalue weighted by Gasteiger charge is -2.12. The van der Waals surface area contributed by atoms with Gasteiger partial charge in [0.15, 0.2) is 0 Å². The van der Waals surface area contributed by atoms with Crippen LogP contribution in [0.25, 0.3) is 5.78 Å². The van der Waals surface area contributed by atoms with Crippen molar-refractivity contribution in [2.24, 2.45) is 7.05 Å². The van der Waals surface area contributed by atoms with Crippen LogP contribution in [0.5, 0.6) is 0 Å². The maximum atomic E-state index is 12.4. The molecule has 2 rings (SSSR count). The smallest absolute Gasteiger partial charge is 0.262 e. The first kappa shape index (κ1) is 12.8. The maximum Gasteiger partial charge on any atom is 0.262 e. The van der Waals surface area contributed by atoms with Gasteiger partial charge < -0.3 is 9.47 Å². The summed E-state index contributed by atoms with van der Waals surface area (Å²) >= 11 is 0. The molecule has 0 aliphatic heterocycles. The molecule has 0 aromatic carbocycles. The zero-order chi connectivity index (χ0) is 13.6. The van der Waals surface area contributed by atoms with Crippen LogP contribution in [0.3, 0.4) is 0 Å². The number of fused-ring (bicyclic) bond motifs is 1. The van der Waals surface area contributed by atoms with Gasteiger partial charge in [-0.3, -0.25) is 4.79 Å². The monoisotopic (exact) mass is 248 g/mol. The minimum Gasteiger partial charge on any atom is -0.318 e. The SMILES string of the molecule is Cc1nc2n(C)c(C)c(C)c(=O)n2c1CN(C)C. The number of hydrogen-bond donors (Lipinski definition) is 0. The Labute approximate surface area is 107 Å². The van der Waals surface area contributed by atoms with E-state index in [-0.39, 0.29) is 5.56 Å². The van der Waals surface area contributed by atoms with Gasteiger partial charge in [0, 0.05) is 24.8 Å². The Morgan fingerprint density at radius 3 is 2.39 bits per heavy atom. The zero-order valence-corrected chi connectivity index (χ0v) is 11.9. The lowest BCUT2D eigenvalue weighted by molar-refractivity contribution is 0.393. The zero-order valence-electron chi connectivity index (χ0n) is 11.9. The van der Waals surface area contributed by atoms with Crippen LogP contribution >= 0.6 is 0 Å². The minimum atomic E-state index is 0.0399. The second-order valence-electron chi connectivity index (χ2n) is 5.09. The fraction of sp³-hybridized carbons (Fsp3) is 0.538. The largest absolute Gasteiger partial charge is 0.318 e. The van der Waals surface area contributed by atoms with E-state index in [1.807, 2.05) is 51.4 Å². The molecule has 5 nitrogen and oxygen atoms in total. The van der Waals surface area contributed by atoms with Crippen LogP contribution < -0.4 is 5.56 Å². The van der Waals surface area contributed by atoms with Crippen molar-refractivity contribution >= 4 is 5.78 Å². The standard InChI is InChI=1S/C13H20N4O/c1-8-10(3)16(6)13-14-9(2)11(7-15(4)5)17(13)12(8)18/h7H2,1-6H3. The van der Waals surface area contributed by atoms with Gasteiger partial charge in [0.1, 0.15) is 0 Å².